The molecular formula is C18H16ClF3N6O4. The highest BCUT2D eigenvalue weighted by molar-refractivity contribution is 6.31. The molecule has 10 nitrogen and oxygen atoms in total. The molecule has 4 atom stereocenters. The first kappa shape index (κ1) is 22.4. The monoisotopic (exact) mass is 472 g/mol. The van der Waals surface area contributed by atoms with Crippen molar-refractivity contribution in [3.05, 3.63) is 47.0 Å². The van der Waals surface area contributed by atoms with Crippen LogP contribution < -0.4 is 5.43 Å². The molecule has 4 N–H and O–H groups in total. The van der Waals surface area contributed by atoms with Crippen molar-refractivity contribution in [2.45, 2.75) is 30.7 Å². The second-order valence-electron chi connectivity index (χ2n) is 6.88. The van der Waals surface area contributed by atoms with Gasteiger partial charge in [0.1, 0.15) is 24.6 Å². The van der Waals surface area contributed by atoms with E-state index in [9.17, 15) is 28.5 Å². The van der Waals surface area contributed by atoms with Crippen molar-refractivity contribution < 1.29 is 33.2 Å². The van der Waals surface area contributed by atoms with Crippen LogP contribution in [0.1, 0.15) is 17.4 Å². The van der Waals surface area contributed by atoms with Crippen LogP contribution in [-0.2, 0) is 10.9 Å². The average Bonchev–Trinajstić information content (AvgIpc) is 3.30. The maximum absolute atomic E-state index is 13.0. The molecule has 1 saturated heterocycles. The van der Waals surface area contributed by atoms with Gasteiger partial charge in [-0.15, -0.1) is 0 Å². The second-order valence-corrected chi connectivity index (χ2v) is 7.29. The summed E-state index contributed by atoms with van der Waals surface area (Å²) in [6, 6.07) is 3.35. The number of nitrogens with zero attached hydrogens (tertiary/aromatic N) is 5. The van der Waals surface area contributed by atoms with Gasteiger partial charge in [-0.2, -0.15) is 18.3 Å². The Morgan fingerprint density at radius 1 is 1.22 bits per heavy atom. The number of fused-ring (bicyclic) bond motifs is 1. The normalized spacial score (nSPS) is 24.0. The predicted octanol–water partition coefficient (Wildman–Crippen LogP) is 1.56. The van der Waals surface area contributed by atoms with Gasteiger partial charge in [0.2, 0.25) is 0 Å². The topological polar surface area (TPSA) is 138 Å². The van der Waals surface area contributed by atoms with Crippen molar-refractivity contribution in [3.63, 3.8) is 0 Å². The summed E-state index contributed by atoms with van der Waals surface area (Å²) in [6.45, 7) is -0.487. The van der Waals surface area contributed by atoms with Crippen LogP contribution in [0.3, 0.4) is 0 Å². The molecule has 0 bridgehead atoms. The van der Waals surface area contributed by atoms with Crippen LogP contribution in [-0.4, -0.2) is 66.0 Å². The number of hydrazone groups is 1. The number of aliphatic hydroxyl groups excluding tert-OH is 3. The van der Waals surface area contributed by atoms with Gasteiger partial charge in [0.05, 0.1) is 29.7 Å². The van der Waals surface area contributed by atoms with E-state index < -0.39 is 47.9 Å². The van der Waals surface area contributed by atoms with E-state index in [1.54, 1.807) is 0 Å². The highest BCUT2D eigenvalue weighted by Crippen LogP contribution is 2.35. The molecule has 0 saturated carbocycles. The fourth-order valence-corrected chi connectivity index (χ4v) is 3.46. The Labute approximate surface area is 183 Å². The van der Waals surface area contributed by atoms with Gasteiger partial charge in [-0.1, -0.05) is 17.7 Å². The smallest absolute Gasteiger partial charge is 0.394 e. The third-order valence-electron chi connectivity index (χ3n) is 4.83. The van der Waals surface area contributed by atoms with E-state index in [4.69, 9.17) is 16.3 Å². The van der Waals surface area contributed by atoms with Crippen LogP contribution in [0.5, 0.6) is 0 Å². The summed E-state index contributed by atoms with van der Waals surface area (Å²) in [4.78, 5) is 12.3. The molecule has 2 aromatic heterocycles. The molecule has 4 unspecified atom stereocenters. The Balaban J connectivity index is 1.57. The average molecular weight is 473 g/mol. The fraction of sp³-hybridized carbons (Fsp3) is 0.333. The molecule has 14 heteroatoms. The molecule has 1 aromatic carbocycles. The van der Waals surface area contributed by atoms with Crippen LogP contribution in [0, 0.1) is 0 Å². The molecule has 4 rings (SSSR count). The van der Waals surface area contributed by atoms with Gasteiger partial charge >= 0.3 is 6.18 Å². The minimum absolute atomic E-state index is 0.141. The predicted molar refractivity (Wildman–Crippen MR) is 106 cm³/mol. The van der Waals surface area contributed by atoms with E-state index in [1.165, 1.54) is 23.3 Å². The molecule has 0 spiro atoms. The Kier molecular flexibility index (Phi) is 6.01. The lowest BCUT2D eigenvalue weighted by Gasteiger charge is -2.16. The summed E-state index contributed by atoms with van der Waals surface area (Å²) < 4.78 is 45.8. The van der Waals surface area contributed by atoms with Crippen molar-refractivity contribution in [1.29, 1.82) is 0 Å². The number of imidazole rings is 1. The van der Waals surface area contributed by atoms with E-state index in [0.29, 0.717) is 0 Å². The number of anilines is 1. The number of hydrogen-bond donors (Lipinski definition) is 4. The molecule has 32 heavy (non-hydrogen) atoms. The Morgan fingerprint density at radius 2 is 2.00 bits per heavy atom. The highest BCUT2D eigenvalue weighted by atomic mass is 35.5. The zero-order chi connectivity index (χ0) is 23.0. The van der Waals surface area contributed by atoms with Crippen molar-refractivity contribution in [2.24, 2.45) is 5.10 Å². The van der Waals surface area contributed by atoms with Gasteiger partial charge in [0.25, 0.3) is 0 Å². The molecule has 0 aliphatic carbocycles. The van der Waals surface area contributed by atoms with Crippen LogP contribution in [0.25, 0.3) is 11.2 Å². The minimum atomic E-state index is -4.60. The molecule has 3 aromatic rings. The number of benzene rings is 1. The zero-order valence-corrected chi connectivity index (χ0v) is 16.7. The lowest BCUT2D eigenvalue weighted by Crippen LogP contribution is -2.33. The molecular weight excluding hydrogens is 457 g/mol. The molecule has 3 heterocycles. The number of nitrogens with one attached hydrogen (secondary N) is 1. The number of alkyl halides is 3. The van der Waals surface area contributed by atoms with Crippen LogP contribution in [0.15, 0.2) is 36.0 Å². The summed E-state index contributed by atoms with van der Waals surface area (Å²) in [5.41, 5.74) is 2.22. The second kappa shape index (κ2) is 8.60. The van der Waals surface area contributed by atoms with Gasteiger partial charge < -0.3 is 20.1 Å². The Morgan fingerprint density at radius 3 is 2.69 bits per heavy atom. The Bertz CT molecular complexity index is 1160. The van der Waals surface area contributed by atoms with Crippen molar-refractivity contribution in [3.8, 4) is 0 Å². The number of aliphatic hydroxyl groups is 3. The maximum atomic E-state index is 13.0. The first-order valence-corrected chi connectivity index (χ1v) is 9.54. The number of halogens is 4. The summed E-state index contributed by atoms with van der Waals surface area (Å²) in [5.74, 6) is 0.141. The molecule has 170 valence electrons. The number of rotatable bonds is 5. The van der Waals surface area contributed by atoms with E-state index in [2.05, 4.69) is 25.5 Å². The largest absolute Gasteiger partial charge is 0.417 e. The number of aromatic nitrogens is 4. The molecule has 1 fully saturated rings. The number of ether oxygens (including phenoxy) is 1. The maximum Gasteiger partial charge on any atom is 0.417 e. The van der Waals surface area contributed by atoms with Crippen LogP contribution in [0.4, 0.5) is 19.0 Å². The third kappa shape index (κ3) is 4.12. The van der Waals surface area contributed by atoms with Crippen LogP contribution in [0.2, 0.25) is 5.02 Å². The summed E-state index contributed by atoms with van der Waals surface area (Å²) >= 11 is 5.60. The van der Waals surface area contributed by atoms with Crippen molar-refractivity contribution in [1.82, 2.24) is 19.5 Å². The molecule has 1 aliphatic heterocycles. The van der Waals surface area contributed by atoms with E-state index in [-0.39, 0.29) is 22.5 Å². The first-order valence-electron chi connectivity index (χ1n) is 9.16. The molecule has 1 aliphatic rings. The summed E-state index contributed by atoms with van der Waals surface area (Å²) in [5, 5.41) is 32.9. The standard InChI is InChI=1S/C18H16ClF3N6O4/c19-10-2-1-8(3-9(10)18(20,21)22)4-26-27-15-12-16(24-6-23-15)28(7-25-12)17-14(31)13(30)11(5-29)32-17/h1-4,6-7,11,13-14,17,29-31H,5H2,(H,23,24,27)/b26-4+. The van der Waals surface area contributed by atoms with Gasteiger partial charge in [0.15, 0.2) is 23.2 Å². The highest BCUT2D eigenvalue weighted by Gasteiger charge is 2.44. The quantitative estimate of drug-likeness (QED) is 0.324. The van der Waals surface area contributed by atoms with Gasteiger partial charge in [-0.05, 0) is 17.7 Å². The summed E-state index contributed by atoms with van der Waals surface area (Å²) in [7, 11) is 0. The lowest BCUT2D eigenvalue weighted by molar-refractivity contribution is -0.137. The van der Waals surface area contributed by atoms with Crippen LogP contribution >= 0.6 is 11.6 Å². The van der Waals surface area contributed by atoms with E-state index in [0.717, 1.165) is 18.3 Å². The van der Waals surface area contributed by atoms with Gasteiger partial charge in [-0.3, -0.25) is 9.99 Å². The SMILES string of the molecule is OCC1OC(n2cnc3c(N/N=C/c4ccc(Cl)c(C(F)(F)F)c4)ncnc32)C(O)C1O. The molecule has 0 radical (unpaired) electrons. The lowest BCUT2D eigenvalue weighted by atomic mass is 10.1. The first-order chi connectivity index (χ1) is 15.2. The third-order valence-corrected chi connectivity index (χ3v) is 5.16. The van der Waals surface area contributed by atoms with Crippen molar-refractivity contribution in [2.75, 3.05) is 12.0 Å². The number of hydrogen-bond acceptors (Lipinski definition) is 9. The van der Waals surface area contributed by atoms with Gasteiger partial charge in [0, 0.05) is 0 Å². The van der Waals surface area contributed by atoms with Gasteiger partial charge in [-0.25, -0.2) is 15.0 Å². The van der Waals surface area contributed by atoms with E-state index >= 15 is 0 Å². The zero-order valence-electron chi connectivity index (χ0n) is 16.0. The summed E-state index contributed by atoms with van der Waals surface area (Å²) in [6.07, 6.45) is -5.61. The molecule has 0 amide bonds. The van der Waals surface area contributed by atoms with E-state index in [1.807, 2.05) is 0 Å². The fourth-order valence-electron chi connectivity index (χ4n) is 3.24. The Hall–Kier alpha value is -2.84. The minimum Gasteiger partial charge on any atom is -0.394 e. The van der Waals surface area contributed by atoms with Crippen molar-refractivity contribution >= 4 is 34.8 Å².